The van der Waals surface area contributed by atoms with Crippen LogP contribution in [0.15, 0.2) is 29.2 Å². The molecule has 20 heavy (non-hydrogen) atoms. The Labute approximate surface area is 121 Å². The molecule has 0 spiro atoms. The predicted molar refractivity (Wildman–Crippen MR) is 81.3 cm³/mol. The second kappa shape index (κ2) is 6.11. The van der Waals surface area contributed by atoms with E-state index in [1.807, 2.05) is 31.0 Å². The summed E-state index contributed by atoms with van der Waals surface area (Å²) in [5.41, 5.74) is 6.31. The molecule has 0 amide bonds. The van der Waals surface area contributed by atoms with Crippen LogP contribution in [-0.2, 0) is 10.0 Å². The fraction of sp³-hybridized carbons (Fsp3) is 0.571. The van der Waals surface area contributed by atoms with E-state index >= 15 is 0 Å². The fourth-order valence-electron chi connectivity index (χ4n) is 2.13. The second-order valence-electron chi connectivity index (χ2n) is 5.40. The molecule has 1 fully saturated rings. The lowest BCUT2D eigenvalue weighted by Crippen LogP contribution is -2.33. The Morgan fingerprint density at radius 1 is 1.40 bits per heavy atom. The number of anilines is 1. The summed E-state index contributed by atoms with van der Waals surface area (Å²) in [7, 11) is -1.54. The predicted octanol–water partition coefficient (Wildman–Crippen LogP) is 1.30. The molecule has 5 nitrogen and oxygen atoms in total. The van der Waals surface area contributed by atoms with Gasteiger partial charge in [-0.3, -0.25) is 0 Å². The van der Waals surface area contributed by atoms with Gasteiger partial charge in [0.1, 0.15) is 4.90 Å². The average Bonchev–Trinajstić information content (AvgIpc) is 3.21. The SMILES string of the molecule is CC(CCN)N(C)c1ccccc1S(=O)(=O)NC1CC1. The van der Waals surface area contributed by atoms with Crippen molar-refractivity contribution < 1.29 is 8.42 Å². The molecule has 0 saturated heterocycles. The number of nitrogens with two attached hydrogens (primary N) is 1. The molecule has 1 aromatic carbocycles. The molecule has 1 aliphatic rings. The Balaban J connectivity index is 2.29. The number of nitrogens with one attached hydrogen (secondary N) is 1. The van der Waals surface area contributed by atoms with Crippen LogP contribution in [0.2, 0.25) is 0 Å². The topological polar surface area (TPSA) is 75.4 Å². The minimum Gasteiger partial charge on any atom is -0.371 e. The summed E-state index contributed by atoms with van der Waals surface area (Å²) >= 11 is 0. The van der Waals surface area contributed by atoms with Gasteiger partial charge in [-0.2, -0.15) is 0 Å². The van der Waals surface area contributed by atoms with Crippen molar-refractivity contribution in [2.75, 3.05) is 18.5 Å². The van der Waals surface area contributed by atoms with E-state index in [-0.39, 0.29) is 12.1 Å². The van der Waals surface area contributed by atoms with Crippen molar-refractivity contribution in [2.24, 2.45) is 5.73 Å². The van der Waals surface area contributed by atoms with Crippen LogP contribution in [0.25, 0.3) is 0 Å². The molecule has 2 rings (SSSR count). The van der Waals surface area contributed by atoms with E-state index in [9.17, 15) is 8.42 Å². The molecule has 3 N–H and O–H groups in total. The van der Waals surface area contributed by atoms with Crippen LogP contribution in [0.5, 0.6) is 0 Å². The highest BCUT2D eigenvalue weighted by molar-refractivity contribution is 7.89. The van der Waals surface area contributed by atoms with Gasteiger partial charge in [0.25, 0.3) is 0 Å². The first-order valence-electron chi connectivity index (χ1n) is 7.00. The minimum atomic E-state index is -3.44. The quantitative estimate of drug-likeness (QED) is 0.795. The van der Waals surface area contributed by atoms with E-state index in [0.29, 0.717) is 11.4 Å². The van der Waals surface area contributed by atoms with Crippen molar-refractivity contribution in [3.63, 3.8) is 0 Å². The Morgan fingerprint density at radius 3 is 2.65 bits per heavy atom. The van der Waals surface area contributed by atoms with E-state index in [1.54, 1.807) is 12.1 Å². The summed E-state index contributed by atoms with van der Waals surface area (Å²) in [5.74, 6) is 0. The van der Waals surface area contributed by atoms with Gasteiger partial charge in [-0.1, -0.05) is 12.1 Å². The Kier molecular flexibility index (Phi) is 4.67. The van der Waals surface area contributed by atoms with E-state index in [1.165, 1.54) is 0 Å². The number of sulfonamides is 1. The molecule has 1 atom stereocenters. The monoisotopic (exact) mass is 297 g/mol. The van der Waals surface area contributed by atoms with Gasteiger partial charge in [-0.05, 0) is 44.9 Å². The Hall–Kier alpha value is -1.11. The fourth-order valence-corrected chi connectivity index (χ4v) is 3.68. The van der Waals surface area contributed by atoms with Crippen LogP contribution in [0, 0.1) is 0 Å². The van der Waals surface area contributed by atoms with Gasteiger partial charge in [0.15, 0.2) is 0 Å². The van der Waals surface area contributed by atoms with E-state index < -0.39 is 10.0 Å². The summed E-state index contributed by atoms with van der Waals surface area (Å²) in [4.78, 5) is 2.33. The lowest BCUT2D eigenvalue weighted by molar-refractivity contribution is 0.579. The van der Waals surface area contributed by atoms with Crippen molar-refractivity contribution >= 4 is 15.7 Å². The zero-order valence-electron chi connectivity index (χ0n) is 12.0. The smallest absolute Gasteiger partial charge is 0.242 e. The number of hydrogen-bond acceptors (Lipinski definition) is 4. The van der Waals surface area contributed by atoms with Crippen LogP contribution in [0.3, 0.4) is 0 Å². The van der Waals surface area contributed by atoms with Crippen LogP contribution < -0.4 is 15.4 Å². The van der Waals surface area contributed by atoms with Gasteiger partial charge < -0.3 is 10.6 Å². The van der Waals surface area contributed by atoms with Crippen LogP contribution in [0.4, 0.5) is 5.69 Å². The molecular formula is C14H23N3O2S. The van der Waals surface area contributed by atoms with Crippen molar-refractivity contribution in [1.29, 1.82) is 0 Å². The molecule has 6 heteroatoms. The molecular weight excluding hydrogens is 274 g/mol. The minimum absolute atomic E-state index is 0.111. The molecule has 1 aliphatic carbocycles. The maximum absolute atomic E-state index is 12.4. The maximum Gasteiger partial charge on any atom is 0.242 e. The average molecular weight is 297 g/mol. The van der Waals surface area contributed by atoms with Crippen LogP contribution >= 0.6 is 0 Å². The zero-order chi connectivity index (χ0) is 14.8. The summed E-state index contributed by atoms with van der Waals surface area (Å²) in [6.07, 6.45) is 2.68. The molecule has 0 radical (unpaired) electrons. The van der Waals surface area contributed by atoms with E-state index in [0.717, 1.165) is 24.9 Å². The second-order valence-corrected chi connectivity index (χ2v) is 7.08. The highest BCUT2D eigenvalue weighted by atomic mass is 32.2. The number of benzene rings is 1. The third-order valence-electron chi connectivity index (χ3n) is 3.68. The molecule has 0 aromatic heterocycles. The first-order valence-corrected chi connectivity index (χ1v) is 8.48. The molecule has 0 bridgehead atoms. The van der Waals surface area contributed by atoms with Gasteiger partial charge in [0.2, 0.25) is 10.0 Å². The normalized spacial score (nSPS) is 16.9. The van der Waals surface area contributed by atoms with Crippen molar-refractivity contribution in [3.8, 4) is 0 Å². The standard InChI is InChI=1S/C14H23N3O2S/c1-11(9-10-15)17(2)13-5-3-4-6-14(13)20(18,19)16-12-7-8-12/h3-6,11-12,16H,7-10,15H2,1-2H3. The number of nitrogens with zero attached hydrogens (tertiary/aromatic N) is 1. The summed E-state index contributed by atoms with van der Waals surface area (Å²) in [5, 5.41) is 0. The van der Waals surface area contributed by atoms with Gasteiger partial charge in [0.05, 0.1) is 5.69 Å². The maximum atomic E-state index is 12.4. The number of rotatable bonds is 7. The molecule has 1 unspecified atom stereocenters. The van der Waals surface area contributed by atoms with E-state index in [2.05, 4.69) is 4.72 Å². The lowest BCUT2D eigenvalue weighted by Gasteiger charge is -2.28. The molecule has 1 aromatic rings. The lowest BCUT2D eigenvalue weighted by atomic mass is 10.2. The van der Waals surface area contributed by atoms with Gasteiger partial charge in [0, 0.05) is 19.1 Å². The third kappa shape index (κ3) is 3.50. The number of para-hydroxylation sites is 1. The first kappa shape index (κ1) is 15.3. The van der Waals surface area contributed by atoms with Gasteiger partial charge >= 0.3 is 0 Å². The van der Waals surface area contributed by atoms with Crippen molar-refractivity contribution in [1.82, 2.24) is 4.72 Å². The summed E-state index contributed by atoms with van der Waals surface area (Å²) < 4.78 is 27.6. The van der Waals surface area contributed by atoms with Gasteiger partial charge in [-0.25, -0.2) is 13.1 Å². The molecule has 0 aliphatic heterocycles. The number of hydrogen-bond donors (Lipinski definition) is 2. The van der Waals surface area contributed by atoms with Crippen LogP contribution in [-0.4, -0.2) is 34.1 Å². The summed E-state index contributed by atoms with van der Waals surface area (Å²) in [6.45, 7) is 2.63. The Bertz CT molecular complexity index is 555. The van der Waals surface area contributed by atoms with E-state index in [4.69, 9.17) is 5.73 Å². The Morgan fingerprint density at radius 2 is 2.05 bits per heavy atom. The highest BCUT2D eigenvalue weighted by Crippen LogP contribution is 2.28. The van der Waals surface area contributed by atoms with Crippen LogP contribution in [0.1, 0.15) is 26.2 Å². The first-order chi connectivity index (χ1) is 9.45. The van der Waals surface area contributed by atoms with Gasteiger partial charge in [-0.15, -0.1) is 0 Å². The molecule has 1 saturated carbocycles. The molecule has 0 heterocycles. The molecule has 112 valence electrons. The summed E-state index contributed by atoms with van der Waals surface area (Å²) in [6, 6.07) is 7.42. The van der Waals surface area contributed by atoms with Crippen molar-refractivity contribution in [3.05, 3.63) is 24.3 Å². The third-order valence-corrected chi connectivity index (χ3v) is 5.25. The highest BCUT2D eigenvalue weighted by Gasteiger charge is 2.30. The van der Waals surface area contributed by atoms with Crippen molar-refractivity contribution in [2.45, 2.75) is 43.2 Å². The zero-order valence-corrected chi connectivity index (χ0v) is 12.9. The largest absolute Gasteiger partial charge is 0.371 e.